The molecule has 7 nitrogen and oxygen atoms in total. The molecule has 2 N–H and O–H groups in total. The van der Waals surface area contributed by atoms with Crippen LogP contribution >= 0.6 is 11.8 Å². The van der Waals surface area contributed by atoms with Crippen LogP contribution in [0.15, 0.2) is 40.0 Å². The number of thioether (sulfide) groups is 1. The van der Waals surface area contributed by atoms with Crippen molar-refractivity contribution in [2.24, 2.45) is 5.92 Å². The topological polar surface area (TPSA) is 79.4 Å². The standard InChI is InChI=1S/C32H42N4O3S/c1-19-15-29(40-4)27(31(37)34-19)16-33-32(38)30-21(3)36(28-8-6-5-7-26(28)30)20(2)22-9-11-23(12-10-22)35-17-25(18-35)39-24-13-14-24/h5-8,15,20,22-25H,9-14,16-18H2,1-4H3,(H,33,38)(H,34,37)/t20-,22?,23?/m0/s1. The van der Waals surface area contributed by atoms with Crippen molar-refractivity contribution in [2.45, 2.75) is 95.0 Å². The molecule has 3 heterocycles. The van der Waals surface area contributed by atoms with Gasteiger partial charge in [-0.1, -0.05) is 18.2 Å². The van der Waals surface area contributed by atoms with Crippen molar-refractivity contribution in [3.63, 3.8) is 0 Å². The number of ether oxygens (including phenoxy) is 1. The molecule has 3 aromatic rings. The highest BCUT2D eigenvalue weighted by molar-refractivity contribution is 7.98. The molecule has 3 fully saturated rings. The fourth-order valence-corrected chi connectivity index (χ4v) is 7.69. The molecule has 2 aliphatic carbocycles. The molecule has 6 rings (SSSR count). The normalized spacial score (nSPS) is 22.8. The first-order chi connectivity index (χ1) is 19.3. The lowest BCUT2D eigenvalue weighted by Crippen LogP contribution is -2.57. The molecular weight excluding hydrogens is 520 g/mol. The molecule has 8 heteroatoms. The number of H-pyrrole nitrogens is 1. The van der Waals surface area contributed by atoms with Gasteiger partial charge in [-0.05, 0) is 83.6 Å². The summed E-state index contributed by atoms with van der Waals surface area (Å²) >= 11 is 1.53. The molecule has 2 aromatic heterocycles. The highest BCUT2D eigenvalue weighted by Gasteiger charge is 2.39. The molecular formula is C32H42N4O3S. The third kappa shape index (κ3) is 5.38. The SMILES string of the molecule is CSc1cc(C)[nH]c(=O)c1CNC(=O)c1c(C)n([C@@H](C)C2CCC(N3CC(OC4CC4)C3)CC2)c2ccccc12. The fourth-order valence-electron chi connectivity index (χ4n) is 6.99. The monoisotopic (exact) mass is 562 g/mol. The number of benzene rings is 1. The van der Waals surface area contributed by atoms with Gasteiger partial charge >= 0.3 is 0 Å². The lowest BCUT2D eigenvalue weighted by atomic mass is 9.80. The number of fused-ring (bicyclic) bond motifs is 1. The summed E-state index contributed by atoms with van der Waals surface area (Å²) in [5, 5.41) is 4.04. The van der Waals surface area contributed by atoms with Crippen molar-refractivity contribution in [1.82, 2.24) is 19.8 Å². The molecule has 214 valence electrons. The van der Waals surface area contributed by atoms with Gasteiger partial charge in [0.15, 0.2) is 0 Å². The van der Waals surface area contributed by atoms with E-state index in [1.54, 1.807) is 0 Å². The summed E-state index contributed by atoms with van der Waals surface area (Å²) in [5.41, 5.74) is 4.11. The third-order valence-corrected chi connectivity index (χ3v) is 10.2. The van der Waals surface area contributed by atoms with E-state index in [1.807, 2.05) is 31.4 Å². The predicted molar refractivity (Wildman–Crippen MR) is 161 cm³/mol. The van der Waals surface area contributed by atoms with Gasteiger partial charge in [0.1, 0.15) is 0 Å². The van der Waals surface area contributed by atoms with Crippen LogP contribution in [-0.2, 0) is 11.3 Å². The number of hydrogen-bond acceptors (Lipinski definition) is 5. The van der Waals surface area contributed by atoms with Crippen LogP contribution in [-0.4, -0.2) is 58.0 Å². The molecule has 0 radical (unpaired) electrons. The molecule has 2 saturated carbocycles. The zero-order valence-electron chi connectivity index (χ0n) is 24.2. The average Bonchev–Trinajstić information content (AvgIpc) is 3.70. The summed E-state index contributed by atoms with van der Waals surface area (Å²) in [5.74, 6) is 0.452. The maximum absolute atomic E-state index is 13.6. The second-order valence-electron chi connectivity index (χ2n) is 12.1. The summed E-state index contributed by atoms with van der Waals surface area (Å²) in [4.78, 5) is 32.7. The van der Waals surface area contributed by atoms with Gasteiger partial charge in [-0.15, -0.1) is 11.8 Å². The summed E-state index contributed by atoms with van der Waals surface area (Å²) in [6, 6.07) is 11.2. The van der Waals surface area contributed by atoms with Gasteiger partial charge in [-0.2, -0.15) is 0 Å². The Morgan fingerprint density at radius 1 is 1.10 bits per heavy atom. The Kier molecular flexibility index (Phi) is 7.85. The fraction of sp³-hybridized carbons (Fsp3) is 0.562. The van der Waals surface area contributed by atoms with Gasteiger partial charge in [-0.3, -0.25) is 14.5 Å². The number of aryl methyl sites for hydroxylation is 1. The van der Waals surface area contributed by atoms with Gasteiger partial charge in [0.25, 0.3) is 11.5 Å². The van der Waals surface area contributed by atoms with Crippen LogP contribution in [0, 0.1) is 19.8 Å². The molecule has 0 bridgehead atoms. The van der Waals surface area contributed by atoms with Crippen LogP contribution in [0.5, 0.6) is 0 Å². The summed E-state index contributed by atoms with van der Waals surface area (Å²) in [6.07, 6.45) is 10.3. The summed E-state index contributed by atoms with van der Waals surface area (Å²) in [7, 11) is 0. The number of hydrogen-bond donors (Lipinski definition) is 2. The van der Waals surface area contributed by atoms with E-state index in [9.17, 15) is 9.59 Å². The highest BCUT2D eigenvalue weighted by atomic mass is 32.2. The van der Waals surface area contributed by atoms with Crippen LogP contribution in [0.4, 0.5) is 0 Å². The molecule has 1 aliphatic heterocycles. The zero-order chi connectivity index (χ0) is 28.0. The van der Waals surface area contributed by atoms with E-state index in [0.717, 1.165) is 40.3 Å². The molecule has 40 heavy (non-hydrogen) atoms. The Morgan fingerprint density at radius 2 is 1.82 bits per heavy atom. The summed E-state index contributed by atoms with van der Waals surface area (Å²) < 4.78 is 8.47. The average molecular weight is 563 g/mol. The first-order valence-electron chi connectivity index (χ1n) is 14.9. The van der Waals surface area contributed by atoms with Crippen molar-refractivity contribution >= 4 is 28.6 Å². The highest BCUT2D eigenvalue weighted by Crippen LogP contribution is 2.40. The maximum Gasteiger partial charge on any atom is 0.254 e. The summed E-state index contributed by atoms with van der Waals surface area (Å²) in [6.45, 7) is 8.68. The number of para-hydroxylation sites is 1. The maximum atomic E-state index is 13.6. The molecule has 1 saturated heterocycles. The second kappa shape index (κ2) is 11.4. The number of aromatic nitrogens is 2. The first kappa shape index (κ1) is 27.6. The molecule has 1 atom stereocenters. The smallest absolute Gasteiger partial charge is 0.254 e. The van der Waals surface area contributed by atoms with Crippen molar-refractivity contribution in [1.29, 1.82) is 0 Å². The zero-order valence-corrected chi connectivity index (χ0v) is 25.0. The largest absolute Gasteiger partial charge is 0.372 e. The Hall–Kier alpha value is -2.55. The Labute approximate surface area is 241 Å². The number of carbonyl (C=O) groups excluding carboxylic acids is 1. The van der Waals surface area contributed by atoms with Gasteiger partial charge in [0.05, 0.1) is 17.8 Å². The first-order valence-corrected chi connectivity index (χ1v) is 16.1. The molecule has 0 unspecified atom stereocenters. The van der Waals surface area contributed by atoms with Gasteiger partial charge in [-0.25, -0.2) is 0 Å². The van der Waals surface area contributed by atoms with Crippen molar-refractivity contribution in [3.05, 3.63) is 63.2 Å². The number of aromatic amines is 1. The Bertz CT molecular complexity index is 1440. The van der Waals surface area contributed by atoms with Crippen LogP contribution < -0.4 is 10.9 Å². The van der Waals surface area contributed by atoms with E-state index < -0.39 is 0 Å². The quantitative estimate of drug-likeness (QED) is 0.333. The van der Waals surface area contributed by atoms with Gasteiger partial charge in [0, 0.05) is 64.5 Å². The molecule has 0 spiro atoms. The van der Waals surface area contributed by atoms with Crippen LogP contribution in [0.3, 0.4) is 0 Å². The number of amides is 1. The van der Waals surface area contributed by atoms with Crippen LogP contribution in [0.1, 0.15) is 78.8 Å². The number of pyridine rings is 1. The van der Waals surface area contributed by atoms with E-state index in [-0.39, 0.29) is 18.0 Å². The minimum Gasteiger partial charge on any atom is -0.372 e. The minimum absolute atomic E-state index is 0.129. The number of carbonyl (C=O) groups is 1. The Balaban J connectivity index is 1.16. The molecule has 1 amide bonds. The third-order valence-electron chi connectivity index (χ3n) is 9.39. The van der Waals surface area contributed by atoms with Gasteiger partial charge < -0.3 is 19.6 Å². The number of nitrogens with one attached hydrogen (secondary N) is 2. The van der Waals surface area contributed by atoms with Crippen molar-refractivity contribution < 1.29 is 9.53 Å². The lowest BCUT2D eigenvalue weighted by Gasteiger charge is -2.47. The minimum atomic E-state index is -0.141. The molecule has 1 aromatic carbocycles. The lowest BCUT2D eigenvalue weighted by molar-refractivity contribution is -0.0864. The van der Waals surface area contributed by atoms with Crippen LogP contribution in [0.25, 0.3) is 10.9 Å². The number of likely N-dealkylation sites (tertiary alicyclic amines) is 1. The van der Waals surface area contributed by atoms with Gasteiger partial charge in [0.2, 0.25) is 0 Å². The van der Waals surface area contributed by atoms with E-state index in [4.69, 9.17) is 4.74 Å². The predicted octanol–water partition coefficient (Wildman–Crippen LogP) is 5.58. The van der Waals surface area contributed by atoms with E-state index in [1.165, 1.54) is 50.3 Å². The van der Waals surface area contributed by atoms with E-state index in [0.29, 0.717) is 41.3 Å². The number of rotatable bonds is 9. The van der Waals surface area contributed by atoms with E-state index >= 15 is 0 Å². The van der Waals surface area contributed by atoms with E-state index in [2.05, 4.69) is 45.7 Å². The van der Waals surface area contributed by atoms with Crippen molar-refractivity contribution in [3.8, 4) is 0 Å². The number of nitrogens with zero attached hydrogens (tertiary/aromatic N) is 2. The molecule has 3 aliphatic rings. The van der Waals surface area contributed by atoms with Crippen LogP contribution in [0.2, 0.25) is 0 Å². The Morgan fingerprint density at radius 3 is 2.52 bits per heavy atom. The second-order valence-corrected chi connectivity index (χ2v) is 12.9. The van der Waals surface area contributed by atoms with Crippen molar-refractivity contribution in [2.75, 3.05) is 19.3 Å².